The minimum atomic E-state index is -0.985. The van der Waals surface area contributed by atoms with Gasteiger partial charge in [-0.3, -0.25) is 9.59 Å². The van der Waals surface area contributed by atoms with E-state index in [2.05, 4.69) is 11.5 Å². The monoisotopic (exact) mass is 226 g/mol. The molecule has 1 amide bonds. The lowest BCUT2D eigenvalue weighted by molar-refractivity contribution is -0.145. The lowest BCUT2D eigenvalue weighted by Crippen LogP contribution is -2.40. The van der Waals surface area contributed by atoms with Gasteiger partial charge in [-0.2, -0.15) is 0 Å². The number of carboxylic acids is 1. The Morgan fingerprint density at radius 1 is 1.62 bits per heavy atom. The molecule has 1 aliphatic heterocycles. The smallest absolute Gasteiger partial charge is 0.323 e. The van der Waals surface area contributed by atoms with E-state index in [4.69, 9.17) is 5.11 Å². The molecule has 0 aromatic heterocycles. The molecule has 90 valence electrons. The van der Waals surface area contributed by atoms with Gasteiger partial charge in [-0.1, -0.05) is 6.08 Å². The first kappa shape index (κ1) is 12.7. The molecule has 1 atom stereocenters. The maximum Gasteiger partial charge on any atom is 0.323 e. The summed E-state index contributed by atoms with van der Waals surface area (Å²) >= 11 is 0. The highest BCUT2D eigenvalue weighted by molar-refractivity contribution is 5.83. The predicted octanol–water partition coefficient (Wildman–Crippen LogP) is 0.0373. The molecule has 0 saturated carbocycles. The van der Waals surface area contributed by atoms with E-state index in [0.29, 0.717) is 13.1 Å². The highest BCUT2D eigenvalue weighted by Crippen LogP contribution is 2.17. The van der Waals surface area contributed by atoms with Gasteiger partial charge in [0.25, 0.3) is 0 Å². The molecule has 1 heterocycles. The molecule has 5 heteroatoms. The first-order valence-corrected chi connectivity index (χ1v) is 5.34. The average Bonchev–Trinajstić information content (AvgIpc) is 2.62. The third-order valence-corrected chi connectivity index (χ3v) is 2.73. The van der Waals surface area contributed by atoms with E-state index < -0.39 is 5.97 Å². The SMILES string of the molecule is C=CCN(CC(=O)O)C(=O)C1CCN(C)C1. The molecule has 1 rings (SSSR count). The van der Waals surface area contributed by atoms with Crippen molar-refractivity contribution >= 4 is 11.9 Å². The Kier molecular flexibility index (Phi) is 4.49. The summed E-state index contributed by atoms with van der Waals surface area (Å²) in [6.45, 7) is 5.20. The lowest BCUT2D eigenvalue weighted by atomic mass is 10.1. The maximum atomic E-state index is 12.0. The minimum Gasteiger partial charge on any atom is -0.480 e. The Bertz CT molecular complexity index is 291. The number of likely N-dealkylation sites (tertiary alicyclic amines) is 1. The van der Waals surface area contributed by atoms with Crippen LogP contribution in [0, 0.1) is 5.92 Å². The molecule has 1 unspecified atom stereocenters. The Morgan fingerprint density at radius 3 is 2.75 bits per heavy atom. The third kappa shape index (κ3) is 3.34. The van der Waals surface area contributed by atoms with E-state index in [-0.39, 0.29) is 18.4 Å². The van der Waals surface area contributed by atoms with E-state index in [1.54, 1.807) is 6.08 Å². The van der Waals surface area contributed by atoms with Gasteiger partial charge >= 0.3 is 5.97 Å². The molecule has 0 aliphatic carbocycles. The molecule has 0 aromatic rings. The van der Waals surface area contributed by atoms with Crippen LogP contribution in [0.25, 0.3) is 0 Å². The van der Waals surface area contributed by atoms with Gasteiger partial charge in [0.05, 0.1) is 5.92 Å². The number of carbonyl (C=O) groups excluding carboxylic acids is 1. The molecule has 0 bridgehead atoms. The van der Waals surface area contributed by atoms with Crippen LogP contribution in [0.5, 0.6) is 0 Å². The van der Waals surface area contributed by atoms with Crippen molar-refractivity contribution in [1.29, 1.82) is 0 Å². The Morgan fingerprint density at radius 2 is 2.31 bits per heavy atom. The second kappa shape index (κ2) is 5.65. The number of aliphatic carboxylic acids is 1. The van der Waals surface area contributed by atoms with Crippen LogP contribution < -0.4 is 0 Å². The number of hydrogen-bond acceptors (Lipinski definition) is 3. The average molecular weight is 226 g/mol. The van der Waals surface area contributed by atoms with Gasteiger partial charge in [-0.05, 0) is 20.0 Å². The summed E-state index contributed by atoms with van der Waals surface area (Å²) in [6.07, 6.45) is 2.36. The summed E-state index contributed by atoms with van der Waals surface area (Å²) in [7, 11) is 1.96. The summed E-state index contributed by atoms with van der Waals surface area (Å²) in [6, 6.07) is 0. The molecule has 1 N–H and O–H groups in total. The number of carboxylic acid groups (broad SMARTS) is 1. The van der Waals surface area contributed by atoms with Gasteiger partial charge < -0.3 is 14.9 Å². The zero-order valence-corrected chi connectivity index (χ0v) is 9.56. The maximum absolute atomic E-state index is 12.0. The van der Waals surface area contributed by atoms with Crippen LogP contribution in [0.1, 0.15) is 6.42 Å². The van der Waals surface area contributed by atoms with Crippen LogP contribution in [0.2, 0.25) is 0 Å². The molecular weight excluding hydrogens is 208 g/mol. The second-order valence-electron chi connectivity index (χ2n) is 4.15. The van der Waals surface area contributed by atoms with Crippen LogP contribution in [-0.2, 0) is 9.59 Å². The van der Waals surface area contributed by atoms with Crippen molar-refractivity contribution in [3.8, 4) is 0 Å². The van der Waals surface area contributed by atoms with Crippen LogP contribution in [0.3, 0.4) is 0 Å². The highest BCUT2D eigenvalue weighted by Gasteiger charge is 2.30. The van der Waals surface area contributed by atoms with Crippen molar-refractivity contribution in [3.63, 3.8) is 0 Å². The van der Waals surface area contributed by atoms with E-state index >= 15 is 0 Å². The number of hydrogen-bond donors (Lipinski definition) is 1. The number of rotatable bonds is 5. The van der Waals surface area contributed by atoms with Gasteiger partial charge in [-0.15, -0.1) is 6.58 Å². The first-order valence-electron chi connectivity index (χ1n) is 5.34. The minimum absolute atomic E-state index is 0.0655. The summed E-state index contributed by atoms with van der Waals surface area (Å²) in [5.41, 5.74) is 0. The predicted molar refractivity (Wildman–Crippen MR) is 60.0 cm³/mol. The zero-order chi connectivity index (χ0) is 12.1. The van der Waals surface area contributed by atoms with Gasteiger partial charge in [0, 0.05) is 13.1 Å². The summed E-state index contributed by atoms with van der Waals surface area (Å²) < 4.78 is 0. The fourth-order valence-electron chi connectivity index (χ4n) is 1.95. The molecule has 0 spiro atoms. The number of carbonyl (C=O) groups is 2. The van der Waals surface area contributed by atoms with Crippen LogP contribution in [0.4, 0.5) is 0 Å². The van der Waals surface area contributed by atoms with Gasteiger partial charge in [0.2, 0.25) is 5.91 Å². The standard InChI is InChI=1S/C11H18N2O3/c1-3-5-13(8-10(14)15)11(16)9-4-6-12(2)7-9/h3,9H,1,4-8H2,2H3,(H,14,15). The summed E-state index contributed by atoms with van der Waals surface area (Å²) in [4.78, 5) is 26.1. The largest absolute Gasteiger partial charge is 0.480 e. The van der Waals surface area contributed by atoms with Crippen LogP contribution in [-0.4, -0.2) is 60.0 Å². The second-order valence-corrected chi connectivity index (χ2v) is 4.15. The van der Waals surface area contributed by atoms with Crippen molar-refractivity contribution in [2.75, 3.05) is 33.2 Å². The van der Waals surface area contributed by atoms with Crippen molar-refractivity contribution in [2.45, 2.75) is 6.42 Å². The van der Waals surface area contributed by atoms with E-state index in [0.717, 1.165) is 13.0 Å². The van der Waals surface area contributed by atoms with E-state index in [1.807, 2.05) is 7.05 Å². The molecular formula is C11H18N2O3. The quantitative estimate of drug-likeness (QED) is 0.672. The molecule has 1 fully saturated rings. The van der Waals surface area contributed by atoms with Gasteiger partial charge in [0.1, 0.15) is 6.54 Å². The normalized spacial score (nSPS) is 20.7. The molecule has 1 aliphatic rings. The van der Waals surface area contributed by atoms with Crippen molar-refractivity contribution < 1.29 is 14.7 Å². The fourth-order valence-corrected chi connectivity index (χ4v) is 1.95. The Hall–Kier alpha value is -1.36. The zero-order valence-electron chi connectivity index (χ0n) is 9.56. The molecule has 0 aromatic carbocycles. The molecule has 16 heavy (non-hydrogen) atoms. The first-order chi connectivity index (χ1) is 7.54. The van der Waals surface area contributed by atoms with Crippen molar-refractivity contribution in [1.82, 2.24) is 9.80 Å². The highest BCUT2D eigenvalue weighted by atomic mass is 16.4. The fraction of sp³-hybridized carbons (Fsp3) is 0.636. The number of nitrogens with zero attached hydrogens (tertiary/aromatic N) is 2. The van der Waals surface area contributed by atoms with Crippen molar-refractivity contribution in [2.24, 2.45) is 5.92 Å². The molecule has 1 saturated heterocycles. The van der Waals surface area contributed by atoms with Gasteiger partial charge in [0.15, 0.2) is 0 Å². The number of amides is 1. The summed E-state index contributed by atoms with van der Waals surface area (Å²) in [5, 5.41) is 8.72. The summed E-state index contributed by atoms with van der Waals surface area (Å²) in [5.74, 6) is -1.13. The molecule has 5 nitrogen and oxygen atoms in total. The topological polar surface area (TPSA) is 60.9 Å². The van der Waals surface area contributed by atoms with Crippen molar-refractivity contribution in [3.05, 3.63) is 12.7 Å². The third-order valence-electron chi connectivity index (χ3n) is 2.73. The Labute approximate surface area is 95.3 Å². The van der Waals surface area contributed by atoms with Gasteiger partial charge in [-0.25, -0.2) is 0 Å². The lowest BCUT2D eigenvalue weighted by Gasteiger charge is -2.22. The molecule has 0 radical (unpaired) electrons. The van der Waals surface area contributed by atoms with E-state index in [1.165, 1.54) is 4.90 Å². The van der Waals surface area contributed by atoms with Crippen LogP contribution >= 0.6 is 0 Å². The van der Waals surface area contributed by atoms with E-state index in [9.17, 15) is 9.59 Å². The Balaban J connectivity index is 2.59. The van der Waals surface area contributed by atoms with Crippen LogP contribution in [0.15, 0.2) is 12.7 Å².